The number of Topliss-reactive ketones (excluding diaryl/α,β-unsaturated/α-hetero) is 3. The van der Waals surface area contributed by atoms with Crippen molar-refractivity contribution in [3.63, 3.8) is 0 Å². The van der Waals surface area contributed by atoms with Crippen molar-refractivity contribution in [2.75, 3.05) is 82.8 Å². The third kappa shape index (κ3) is 12.6. The van der Waals surface area contributed by atoms with Crippen molar-refractivity contribution < 1.29 is 14.4 Å². The molecule has 0 aromatic heterocycles. The number of nitrogens with zero attached hydrogens (tertiary/aromatic N) is 6. The Bertz CT molecular complexity index is 4670. The van der Waals surface area contributed by atoms with Gasteiger partial charge in [-0.25, -0.2) is 0 Å². The van der Waals surface area contributed by atoms with Gasteiger partial charge in [-0.3, -0.25) is 14.4 Å². The molecule has 8 heterocycles. The van der Waals surface area contributed by atoms with Crippen LogP contribution in [0.4, 0.5) is 34.1 Å². The van der Waals surface area contributed by atoms with Crippen LogP contribution in [0.1, 0.15) is 149 Å². The number of thioether (sulfide) groups is 2. The van der Waals surface area contributed by atoms with E-state index in [1.54, 1.807) is 23.5 Å². The smallest absolute Gasteiger partial charge is 0.194 e. The number of allylic oxidation sites excluding steroid dienone is 16. The zero-order valence-corrected chi connectivity index (χ0v) is 63.2. The van der Waals surface area contributed by atoms with Crippen LogP contribution >= 0.6 is 23.5 Å². The first-order valence-corrected chi connectivity index (χ1v) is 39.6. The van der Waals surface area contributed by atoms with Crippen LogP contribution in [-0.4, -0.2) is 70.7 Å². The number of aryl methyl sites for hydroxylation is 4. The van der Waals surface area contributed by atoms with E-state index in [0.717, 1.165) is 83.3 Å². The molecule has 0 unspecified atom stereocenters. The van der Waals surface area contributed by atoms with Crippen molar-refractivity contribution in [2.24, 2.45) is 0 Å². The van der Waals surface area contributed by atoms with E-state index in [0.29, 0.717) is 0 Å². The molecule has 104 heavy (non-hydrogen) atoms. The van der Waals surface area contributed by atoms with Crippen LogP contribution < -0.4 is 29.4 Å². The minimum Gasteiger partial charge on any atom is -0.371 e. The third-order valence-electron chi connectivity index (χ3n) is 23.3. The first-order valence-electron chi connectivity index (χ1n) is 37.9. The van der Waals surface area contributed by atoms with Crippen LogP contribution in [-0.2, 0) is 50.9 Å². The van der Waals surface area contributed by atoms with E-state index in [9.17, 15) is 14.4 Å². The first-order chi connectivity index (χ1) is 50.6. The highest BCUT2D eigenvalue weighted by Gasteiger charge is 2.41. The molecule has 0 radical (unpaired) electrons. The lowest BCUT2D eigenvalue weighted by molar-refractivity contribution is -0.112. The Labute approximate surface area is 624 Å². The highest BCUT2D eigenvalue weighted by Crippen LogP contribution is 2.51. The van der Waals surface area contributed by atoms with Crippen molar-refractivity contribution in [3.05, 3.63) is 294 Å². The monoisotopic (exact) mass is 1410 g/mol. The molecule has 0 N–H and O–H groups in total. The van der Waals surface area contributed by atoms with E-state index in [1.165, 1.54) is 187 Å². The molecule has 11 heteroatoms. The summed E-state index contributed by atoms with van der Waals surface area (Å²) >= 11 is 3.55. The summed E-state index contributed by atoms with van der Waals surface area (Å²) in [6.07, 6.45) is 34.1. The number of likely N-dealkylation sites (N-methyl/N-ethyl adjacent to an activating group) is 2. The lowest BCUT2D eigenvalue weighted by atomic mass is 9.83. The zero-order valence-electron chi connectivity index (χ0n) is 61.6. The Kier molecular flexibility index (Phi) is 18.9. The molecule has 0 saturated heterocycles. The van der Waals surface area contributed by atoms with Crippen LogP contribution in [0.15, 0.2) is 248 Å². The molecular weight excluding hydrogens is 1310 g/mol. The van der Waals surface area contributed by atoms with Gasteiger partial charge in [-0.1, -0.05) is 148 Å². The van der Waals surface area contributed by atoms with Gasteiger partial charge in [-0.2, -0.15) is 0 Å². The predicted octanol–water partition coefficient (Wildman–Crippen LogP) is 20.7. The summed E-state index contributed by atoms with van der Waals surface area (Å²) in [6, 6.07) is 51.6. The summed E-state index contributed by atoms with van der Waals surface area (Å²) < 4.78 is 0. The Morgan fingerprint density at radius 3 is 1.12 bits per heavy atom. The number of carbonyl (C=O) groups excluding carboxylic acids is 3. The molecule has 0 bridgehead atoms. The van der Waals surface area contributed by atoms with Crippen LogP contribution in [0.5, 0.6) is 0 Å². The Hall–Kier alpha value is -9.55. The van der Waals surface area contributed by atoms with Gasteiger partial charge in [-0.15, -0.1) is 0 Å². The maximum Gasteiger partial charge on any atom is 0.194 e. The number of rotatable bonds is 8. The lowest BCUT2D eigenvalue weighted by Gasteiger charge is -2.37. The van der Waals surface area contributed by atoms with Crippen molar-refractivity contribution in [2.45, 2.75) is 139 Å². The van der Waals surface area contributed by atoms with Gasteiger partial charge >= 0.3 is 0 Å². The minimum atomic E-state index is -0.139. The molecular formula is C93H94N6O3S2. The number of fused-ring (bicyclic) bond motifs is 5. The van der Waals surface area contributed by atoms with Crippen LogP contribution in [0.3, 0.4) is 0 Å². The average molecular weight is 1410 g/mol. The summed E-state index contributed by atoms with van der Waals surface area (Å²) in [7, 11) is 4.22. The first kappa shape index (κ1) is 68.9. The van der Waals surface area contributed by atoms with Crippen molar-refractivity contribution in [1.29, 1.82) is 0 Å². The molecule has 8 aliphatic heterocycles. The zero-order chi connectivity index (χ0) is 71.5. The second kappa shape index (κ2) is 28.5. The molecule has 3 aliphatic carbocycles. The molecule has 18 rings (SSSR count). The second-order valence-corrected chi connectivity index (χ2v) is 32.4. The number of para-hydroxylation sites is 4. The number of carbonyl (C=O) groups is 3. The minimum absolute atomic E-state index is 0.0758. The van der Waals surface area contributed by atoms with Gasteiger partial charge in [0.25, 0.3) is 0 Å². The summed E-state index contributed by atoms with van der Waals surface area (Å²) in [5.74, 6) is 0.527. The maximum absolute atomic E-state index is 13.9. The summed E-state index contributed by atoms with van der Waals surface area (Å²) in [5.41, 5.74) is 28.4. The molecule has 7 aromatic rings. The van der Waals surface area contributed by atoms with Crippen molar-refractivity contribution in [3.8, 4) is 0 Å². The Morgan fingerprint density at radius 2 is 0.731 bits per heavy atom. The highest BCUT2D eigenvalue weighted by atomic mass is 32.2. The molecule has 0 spiro atoms. The van der Waals surface area contributed by atoms with E-state index in [4.69, 9.17) is 0 Å². The molecule has 0 atom stereocenters. The van der Waals surface area contributed by atoms with E-state index >= 15 is 0 Å². The van der Waals surface area contributed by atoms with E-state index in [-0.39, 0.29) is 28.2 Å². The normalized spacial score (nSPS) is 23.1. The summed E-state index contributed by atoms with van der Waals surface area (Å²) in [5, 5.41) is 2.37. The molecule has 0 amide bonds. The quantitative estimate of drug-likeness (QED) is 0.137. The molecule has 2 fully saturated rings. The van der Waals surface area contributed by atoms with Crippen LogP contribution in [0, 0.1) is 0 Å². The number of ketones is 3. The molecule has 11 aliphatic rings. The second-order valence-electron chi connectivity index (χ2n) is 30.3. The number of benzene rings is 7. The summed E-state index contributed by atoms with van der Waals surface area (Å²) in [4.78, 5) is 57.1. The highest BCUT2D eigenvalue weighted by molar-refractivity contribution is 8.04. The van der Waals surface area contributed by atoms with Gasteiger partial charge in [0, 0.05) is 142 Å². The average Bonchev–Trinajstić information content (AvgIpc) is 1.50. The van der Waals surface area contributed by atoms with Gasteiger partial charge in [-0.05, 0) is 256 Å². The molecule has 9 nitrogen and oxygen atoms in total. The molecule has 7 aromatic carbocycles. The molecule has 2 saturated carbocycles. The SMILES string of the molecule is CCN1C(=CC=C2CCC(=CC=C3Sc4ccccc4N3CC)C2=O)Sc2ccccc21.CN1C(=CC=C2C(=O)C(=CC=C3N(C)c4ccccc4C3(C)C)c3ccccc32)C(C)(C)c2ccccc21.O=C1C(=Cc2cc3c4c(c2)CCCN4CCC3)CCC1=Cc1cc2c3c(c1)CCCN3CCC2. The summed E-state index contributed by atoms with van der Waals surface area (Å²) in [6.45, 7) is 20.0. The van der Waals surface area contributed by atoms with Gasteiger partial charge < -0.3 is 29.4 Å². The fourth-order valence-corrected chi connectivity index (χ4v) is 20.4. The Morgan fingerprint density at radius 1 is 0.385 bits per heavy atom. The largest absolute Gasteiger partial charge is 0.371 e. The third-order valence-corrected chi connectivity index (χ3v) is 25.6. The van der Waals surface area contributed by atoms with Crippen molar-refractivity contribution >= 4 is 98.3 Å². The van der Waals surface area contributed by atoms with Crippen LogP contribution in [0.2, 0.25) is 0 Å². The van der Waals surface area contributed by atoms with E-state index in [2.05, 4.69) is 255 Å². The van der Waals surface area contributed by atoms with Crippen molar-refractivity contribution in [1.82, 2.24) is 0 Å². The van der Waals surface area contributed by atoms with Gasteiger partial charge in [0.05, 0.1) is 21.4 Å². The lowest BCUT2D eigenvalue weighted by Crippen LogP contribution is -2.34. The predicted molar refractivity (Wildman–Crippen MR) is 437 cm³/mol. The molecule has 526 valence electrons. The standard InChI is InChI=1S/C35H34N2O.C31H34N2O.C27H26N2OS2/c1-34(2)27-15-9-11-17-29(27)36(5)31(34)21-19-25-23-13-7-8-14-24(23)26(33(25)38)20-22-32-35(3,4)28-16-10-12-18-30(28)37(32)6;34-31-27(19-21-15-23-5-1-11-32-12-2-6-24(16-21)29(23)32)9-10-28(31)20-22-17-25-7-3-13-33-14-4-8-26(18-22)30(25)33;1-3-28-21-9-5-7-11-23(21)31-25(28)17-15-19-13-14-20(27(19)30)16-18-26-29(4-2)22-10-6-8-12-24(22)32-26/h7-22H,1-6H3;15-20H,1-14H2;5-12,15-18H,3-4,13-14H2,1-2H3. The van der Waals surface area contributed by atoms with Gasteiger partial charge in [0.2, 0.25) is 0 Å². The van der Waals surface area contributed by atoms with Crippen LogP contribution in [0.25, 0.3) is 23.3 Å². The topological polar surface area (TPSA) is 70.6 Å². The maximum atomic E-state index is 13.9. The number of hydrogen-bond donors (Lipinski definition) is 0. The van der Waals surface area contributed by atoms with E-state index in [1.807, 2.05) is 36.4 Å². The van der Waals surface area contributed by atoms with Gasteiger partial charge in [0.1, 0.15) is 0 Å². The fraction of sp³-hybridized carbons (Fsp3) is 0.301. The Balaban J connectivity index is 0.000000121. The van der Waals surface area contributed by atoms with E-state index < -0.39 is 0 Å². The number of anilines is 6. The van der Waals surface area contributed by atoms with Gasteiger partial charge in [0.15, 0.2) is 17.3 Å². The number of hydrogen-bond acceptors (Lipinski definition) is 11. The fourth-order valence-electron chi connectivity index (χ4n) is 18.2.